The molecule has 0 spiro atoms. The SMILES string of the molecule is CC[Si](CC)(CC)O[C@@H]1CC[C@@H](O[Si](CC)(CC)CC)[C@H](O[Si](CC)(CC)CC)C[C@H](O[Si](CC)(CC)CC)C[C@]2(OC)C[C@H](O[Si](CC)(CC)CC)[C@@H](/C=C/C(=O)OC)[C@H](C[C@@H](O[C@@H]3O[C@H](C)[C@@H](O[Si](CC)(CC)CC)[C@H](NC(=O)OCC4c5ccccc5-c5ccccc54)[C@@H]3O[Si](CC)(CC)CC)C=CC=CC=CC=CC=CC=CC=C[C@H](C)[C@@H](O[Si](CC)(CC)CC)[C@@H](C)[C@H](C)OC(=O)C[C@H](O[Si](CC)(CC)CC)C1)O2. The fourth-order valence-electron chi connectivity index (χ4n) is 24.2. The molecule has 3 aliphatic heterocycles. The third-order valence-corrected chi connectivity index (χ3v) is 79.2. The Bertz CT molecular complexity index is 4280. The summed E-state index contributed by atoms with van der Waals surface area (Å²) in [6.07, 6.45) is 26.7. The van der Waals surface area contributed by atoms with E-state index in [9.17, 15) is 4.79 Å². The lowest BCUT2D eigenvalue weighted by Crippen LogP contribution is -2.69. The van der Waals surface area contributed by atoms with E-state index >= 15 is 9.59 Å². The fourth-order valence-corrected chi connectivity index (χ4v) is 50.3. The van der Waals surface area contributed by atoms with Gasteiger partial charge >= 0.3 is 18.0 Å². The molecular formula is C120H215NO19Si9. The van der Waals surface area contributed by atoms with Crippen LogP contribution in [-0.2, 0) is 82.6 Å². The molecule has 2 saturated heterocycles. The van der Waals surface area contributed by atoms with Gasteiger partial charge in [0.25, 0.3) is 0 Å². The standard InChI is InChI=1S/C120H215NO19Si9/c1-34-141(35-2,36-3)132-99-83-85-108(135-144(43-10,44-11)45-12)110(136-145(46-13,47-14)48-15)89-101(134-143(40-7,41-8)42-9)91-120(126-33)92-111(137-146(49-16,50-17)51-18)106(84-86-112(122)125-32)109(131-120)88-98(78-72-70-68-66-64-62-61-63-65-67-69-71-77-94(28)115(138-147(52-19,53-20)54-21)95(29)96(30)128-113(123)90-100(87-99)133-142(37-4,38-5)39-6)130-118-117(140-149(58-25,59-26)60-27)114(116(97(31)129-118)139-148(55-22,56-23)57-24)121-119(124)127-93-107-104-81-75-73-79-102(104)103-80-74-76-82-105(103)107/h61-82,84,86,94-101,106-111,114-118H,34-60,83,85,87-93H2,1-33H3,(H,121,124)/b62-61?,65-63?,66-64?,69-67?,70-68?,77-71?,78-72?,86-84+/t94-,95-,96-,97+,98-,99+,100+,101-,106-,108+,109-,110+,111-,114-,115+,116+,117-,118-,120+/m0/s1. The first kappa shape index (κ1) is 134. The summed E-state index contributed by atoms with van der Waals surface area (Å²) >= 11 is 0. The first-order valence-electron chi connectivity index (χ1n) is 59.8. The van der Waals surface area contributed by atoms with Crippen LogP contribution in [0.2, 0.25) is 163 Å². The molecule has 2 aromatic rings. The van der Waals surface area contributed by atoms with Gasteiger partial charge in [-0.1, -0.05) is 340 Å². The van der Waals surface area contributed by atoms with Crippen molar-refractivity contribution in [1.82, 2.24) is 5.32 Å². The van der Waals surface area contributed by atoms with Crippen LogP contribution >= 0.6 is 0 Å². The summed E-state index contributed by atoms with van der Waals surface area (Å²) in [4.78, 5) is 45.4. The number of nitrogens with one attached hydrogen (secondary N) is 1. The van der Waals surface area contributed by atoms with Gasteiger partial charge in [-0.2, -0.15) is 0 Å². The summed E-state index contributed by atoms with van der Waals surface area (Å²) in [6, 6.07) is 40.4. The number of amides is 1. The number of carbonyl (C=O) groups excluding carboxylic acids is 3. The van der Waals surface area contributed by atoms with Crippen molar-refractivity contribution in [2.75, 3.05) is 20.8 Å². The number of benzene rings is 2. The van der Waals surface area contributed by atoms with Crippen molar-refractivity contribution in [2.24, 2.45) is 17.8 Å². The van der Waals surface area contributed by atoms with Crippen molar-refractivity contribution >= 4 is 92.9 Å². The summed E-state index contributed by atoms with van der Waals surface area (Å²) in [5, 5.41) is 3.54. The van der Waals surface area contributed by atoms with E-state index in [-0.39, 0.29) is 55.4 Å². The molecule has 2 aromatic carbocycles. The summed E-state index contributed by atoms with van der Waals surface area (Å²) in [5.74, 6) is -3.05. The van der Waals surface area contributed by atoms with Crippen LogP contribution in [0, 0.1) is 17.8 Å². The molecule has 0 unspecified atom stereocenters. The zero-order chi connectivity index (χ0) is 110. The van der Waals surface area contributed by atoms with Crippen LogP contribution in [0.5, 0.6) is 0 Å². The minimum atomic E-state index is -2.72. The Labute approximate surface area is 918 Å². The molecule has 4 aliphatic rings. The number of hydrogen-bond donors (Lipinski definition) is 1. The Morgan fingerprint density at radius 1 is 0.396 bits per heavy atom. The average molecular weight is 2230 g/mol. The second-order valence-electron chi connectivity index (χ2n) is 43.7. The number of hydrogen-bond acceptors (Lipinski definition) is 19. The van der Waals surface area contributed by atoms with Crippen LogP contribution in [0.15, 0.2) is 146 Å². The first-order valence-corrected chi connectivity index (χ1v) is 82.6. The van der Waals surface area contributed by atoms with Gasteiger partial charge in [0, 0.05) is 56.3 Å². The van der Waals surface area contributed by atoms with E-state index < -0.39 is 178 Å². The lowest BCUT2D eigenvalue weighted by molar-refractivity contribution is -0.312. The molecule has 0 aromatic heterocycles. The molecule has 2 fully saturated rings. The molecule has 1 aliphatic carbocycles. The predicted octanol–water partition coefficient (Wildman–Crippen LogP) is 32.9. The lowest BCUT2D eigenvalue weighted by Gasteiger charge is -2.52. The molecule has 1 amide bonds. The average Bonchev–Trinajstić information content (AvgIpc) is 1.48. The Kier molecular flexibility index (Phi) is 59.3. The van der Waals surface area contributed by atoms with Gasteiger partial charge < -0.3 is 78.3 Å². The van der Waals surface area contributed by atoms with E-state index in [1.165, 1.54) is 7.11 Å². The number of cyclic esters (lactones) is 1. The number of fused-ring (bicyclic) bond motifs is 5. The molecule has 19 atom stereocenters. The molecule has 850 valence electrons. The molecule has 6 rings (SSSR count). The maximum atomic E-state index is 15.6. The second-order valence-corrected chi connectivity index (χ2v) is 86.3. The fraction of sp³-hybridized carbons (Fsp3) is 0.742. The highest BCUT2D eigenvalue weighted by atomic mass is 28.4. The number of alkyl carbamates (subject to hydrolysis) is 1. The van der Waals surface area contributed by atoms with Crippen LogP contribution in [0.25, 0.3) is 11.1 Å². The van der Waals surface area contributed by atoms with Crippen LogP contribution < -0.4 is 5.32 Å². The number of carbonyl (C=O) groups is 3. The topological polar surface area (TPSA) is 211 Å². The summed E-state index contributed by atoms with van der Waals surface area (Å²) in [6.45, 7) is 70.8. The normalized spacial score (nSPS) is 26.4. The van der Waals surface area contributed by atoms with Crippen molar-refractivity contribution in [3.63, 3.8) is 0 Å². The van der Waals surface area contributed by atoms with Crippen molar-refractivity contribution in [1.29, 1.82) is 0 Å². The highest BCUT2D eigenvalue weighted by molar-refractivity contribution is 6.77. The van der Waals surface area contributed by atoms with Crippen LogP contribution in [0.1, 0.15) is 283 Å². The largest absolute Gasteiger partial charge is 0.466 e. The quantitative estimate of drug-likeness (QED) is 0.0282. The summed E-state index contributed by atoms with van der Waals surface area (Å²) in [5.41, 5.74) is 4.52. The van der Waals surface area contributed by atoms with Gasteiger partial charge in [0.05, 0.1) is 80.6 Å². The first-order chi connectivity index (χ1) is 71.4. The van der Waals surface area contributed by atoms with Crippen molar-refractivity contribution in [3.8, 4) is 11.1 Å². The predicted molar refractivity (Wildman–Crippen MR) is 644 cm³/mol. The molecule has 20 nitrogen and oxygen atoms in total. The Balaban J connectivity index is 1.78. The van der Waals surface area contributed by atoms with Gasteiger partial charge in [0.15, 0.2) is 86.9 Å². The van der Waals surface area contributed by atoms with Gasteiger partial charge in [-0.3, -0.25) is 4.79 Å². The van der Waals surface area contributed by atoms with Gasteiger partial charge in [-0.05, 0) is 231 Å². The number of allylic oxidation sites excluding steroid dienone is 12. The highest BCUT2D eigenvalue weighted by Gasteiger charge is 2.57. The van der Waals surface area contributed by atoms with Crippen molar-refractivity contribution in [2.45, 2.75) is 533 Å². The van der Waals surface area contributed by atoms with Crippen molar-refractivity contribution in [3.05, 3.63) is 157 Å². The van der Waals surface area contributed by atoms with E-state index in [0.717, 1.165) is 185 Å². The Hall–Kier alpha value is -4.00. The molecule has 2 bridgehead atoms. The van der Waals surface area contributed by atoms with Crippen LogP contribution in [0.4, 0.5) is 4.79 Å². The Morgan fingerprint density at radius 3 is 1.20 bits per heavy atom. The zero-order valence-corrected chi connectivity index (χ0v) is 109. The van der Waals surface area contributed by atoms with E-state index in [1.54, 1.807) is 6.08 Å². The molecule has 1 N–H and O–H groups in total. The molecule has 149 heavy (non-hydrogen) atoms. The zero-order valence-electron chi connectivity index (χ0n) is 100. The van der Waals surface area contributed by atoms with Gasteiger partial charge in [0.1, 0.15) is 18.8 Å². The van der Waals surface area contributed by atoms with E-state index in [1.807, 2.05) is 67.9 Å². The Morgan fingerprint density at radius 2 is 0.772 bits per heavy atom. The number of esters is 2. The maximum absolute atomic E-state index is 15.6. The molecule has 29 heteroatoms. The minimum absolute atomic E-state index is 0.00450. The number of methoxy groups -OCH3 is 2. The molecule has 0 saturated carbocycles. The highest BCUT2D eigenvalue weighted by Crippen LogP contribution is 2.50. The van der Waals surface area contributed by atoms with E-state index in [2.05, 4.69) is 299 Å². The summed E-state index contributed by atoms with van der Waals surface area (Å²) < 4.78 is 123. The molecule has 3 heterocycles. The molecule has 0 radical (unpaired) electrons. The van der Waals surface area contributed by atoms with Crippen molar-refractivity contribution < 1.29 is 87.4 Å². The molecular weight excluding hydrogens is 2010 g/mol. The number of ether oxygens (including phenoxy) is 7. The number of rotatable bonds is 53. The summed E-state index contributed by atoms with van der Waals surface area (Å²) in [7, 11) is -19.4. The van der Waals surface area contributed by atoms with E-state index in [0.29, 0.717) is 38.5 Å². The maximum Gasteiger partial charge on any atom is 0.407 e. The van der Waals surface area contributed by atoms with Gasteiger partial charge in [-0.25, -0.2) is 9.59 Å². The monoisotopic (exact) mass is 2230 g/mol. The van der Waals surface area contributed by atoms with E-state index in [4.69, 9.17) is 73.0 Å². The third kappa shape index (κ3) is 37.0. The third-order valence-electron chi connectivity index (χ3n) is 37.2. The smallest absolute Gasteiger partial charge is 0.407 e. The second kappa shape index (κ2) is 66.1. The lowest BCUT2D eigenvalue weighted by atomic mass is 9.82. The van der Waals surface area contributed by atoms with Gasteiger partial charge in [0.2, 0.25) is 0 Å². The van der Waals surface area contributed by atoms with Crippen LogP contribution in [0.3, 0.4) is 0 Å². The van der Waals surface area contributed by atoms with Gasteiger partial charge in [-0.15, -0.1) is 0 Å². The minimum Gasteiger partial charge on any atom is -0.466 e. The van der Waals surface area contributed by atoms with Crippen LogP contribution in [-0.4, -0.2) is 211 Å².